The third-order valence-corrected chi connectivity index (χ3v) is 5.95. The van der Waals surface area contributed by atoms with E-state index in [1.165, 1.54) is 18.9 Å². The SMILES string of the molecule is CCOc1ccc(-n2c(SCC(=O)Nc3ccc(OC)c(Cl)c3)nnc2-c2cccnc2)cc1. The molecule has 8 nitrogen and oxygen atoms in total. The predicted molar refractivity (Wildman–Crippen MR) is 133 cm³/mol. The van der Waals surface area contributed by atoms with Crippen molar-refractivity contribution in [3.05, 3.63) is 72.0 Å². The Hall–Kier alpha value is -3.56. The largest absolute Gasteiger partial charge is 0.495 e. The van der Waals surface area contributed by atoms with E-state index < -0.39 is 0 Å². The Kier molecular flexibility index (Phi) is 7.66. The number of benzene rings is 2. The molecule has 0 saturated carbocycles. The molecule has 0 aliphatic carbocycles. The molecule has 0 unspecified atom stereocenters. The molecule has 0 radical (unpaired) electrons. The van der Waals surface area contributed by atoms with Crippen molar-refractivity contribution in [2.24, 2.45) is 0 Å². The minimum absolute atomic E-state index is 0.131. The molecule has 2 aromatic heterocycles. The summed E-state index contributed by atoms with van der Waals surface area (Å²) in [6.07, 6.45) is 3.43. The molecule has 1 amide bonds. The lowest BCUT2D eigenvalue weighted by Crippen LogP contribution is -2.14. The van der Waals surface area contributed by atoms with Crippen molar-refractivity contribution < 1.29 is 14.3 Å². The lowest BCUT2D eigenvalue weighted by atomic mass is 10.2. The maximum atomic E-state index is 12.6. The highest BCUT2D eigenvalue weighted by Gasteiger charge is 2.18. The molecular formula is C24H22ClN5O3S. The van der Waals surface area contributed by atoms with E-state index in [0.717, 1.165) is 17.0 Å². The number of thioether (sulfide) groups is 1. The van der Waals surface area contributed by atoms with Crippen molar-refractivity contribution in [2.75, 3.05) is 24.8 Å². The number of halogens is 1. The second kappa shape index (κ2) is 11.0. The van der Waals surface area contributed by atoms with E-state index in [-0.39, 0.29) is 11.7 Å². The summed E-state index contributed by atoms with van der Waals surface area (Å²) in [6, 6.07) is 16.5. The Morgan fingerprint density at radius 3 is 2.65 bits per heavy atom. The summed E-state index contributed by atoms with van der Waals surface area (Å²) in [4.78, 5) is 16.8. The van der Waals surface area contributed by atoms with Gasteiger partial charge in [-0.1, -0.05) is 23.4 Å². The van der Waals surface area contributed by atoms with E-state index in [4.69, 9.17) is 21.1 Å². The van der Waals surface area contributed by atoms with E-state index in [0.29, 0.717) is 34.0 Å². The lowest BCUT2D eigenvalue weighted by molar-refractivity contribution is -0.113. The number of carbonyl (C=O) groups is 1. The molecule has 0 bridgehead atoms. The molecule has 0 saturated heterocycles. The molecule has 0 atom stereocenters. The minimum atomic E-state index is -0.199. The first kappa shape index (κ1) is 23.6. The minimum Gasteiger partial charge on any atom is -0.495 e. The van der Waals surface area contributed by atoms with Gasteiger partial charge in [0, 0.05) is 29.3 Å². The molecule has 4 rings (SSSR count). The molecule has 1 N–H and O–H groups in total. The van der Waals surface area contributed by atoms with Crippen LogP contribution in [0.2, 0.25) is 5.02 Å². The molecule has 0 spiro atoms. The normalized spacial score (nSPS) is 10.7. The Morgan fingerprint density at radius 2 is 1.97 bits per heavy atom. The van der Waals surface area contributed by atoms with Gasteiger partial charge in [0.2, 0.25) is 5.91 Å². The summed E-state index contributed by atoms with van der Waals surface area (Å²) in [5, 5.41) is 12.6. The number of hydrogen-bond acceptors (Lipinski definition) is 7. The maximum Gasteiger partial charge on any atom is 0.234 e. The zero-order valence-electron chi connectivity index (χ0n) is 18.6. The van der Waals surface area contributed by atoms with E-state index >= 15 is 0 Å². The van der Waals surface area contributed by atoms with Crippen molar-refractivity contribution >= 4 is 35.0 Å². The topological polar surface area (TPSA) is 91.2 Å². The number of anilines is 1. The van der Waals surface area contributed by atoms with Gasteiger partial charge in [0.1, 0.15) is 11.5 Å². The van der Waals surface area contributed by atoms with Crippen LogP contribution in [0.25, 0.3) is 17.1 Å². The molecular weight excluding hydrogens is 474 g/mol. The molecule has 10 heteroatoms. The molecule has 0 fully saturated rings. The Bertz CT molecular complexity index is 1270. The fourth-order valence-corrected chi connectivity index (χ4v) is 4.22. The smallest absolute Gasteiger partial charge is 0.234 e. The zero-order valence-corrected chi connectivity index (χ0v) is 20.1. The third kappa shape index (κ3) is 5.49. The van der Waals surface area contributed by atoms with Crippen LogP contribution in [-0.2, 0) is 4.79 Å². The number of carbonyl (C=O) groups excluding carboxylic acids is 1. The molecule has 2 aromatic carbocycles. The van der Waals surface area contributed by atoms with Gasteiger partial charge in [-0.3, -0.25) is 14.3 Å². The summed E-state index contributed by atoms with van der Waals surface area (Å²) in [5.74, 6) is 1.87. The van der Waals surface area contributed by atoms with Crippen LogP contribution in [-0.4, -0.2) is 45.1 Å². The Morgan fingerprint density at radius 1 is 1.15 bits per heavy atom. The van der Waals surface area contributed by atoms with E-state index in [1.807, 2.05) is 47.9 Å². The van der Waals surface area contributed by atoms with Crippen LogP contribution in [0.15, 0.2) is 72.1 Å². The number of nitrogens with zero attached hydrogens (tertiary/aromatic N) is 4. The number of hydrogen-bond donors (Lipinski definition) is 1. The van der Waals surface area contributed by atoms with Gasteiger partial charge in [0.25, 0.3) is 0 Å². The predicted octanol–water partition coefficient (Wildman–Crippen LogP) is 5.12. The number of aromatic nitrogens is 4. The van der Waals surface area contributed by atoms with E-state index in [1.54, 1.807) is 30.6 Å². The van der Waals surface area contributed by atoms with Gasteiger partial charge in [0.15, 0.2) is 11.0 Å². The monoisotopic (exact) mass is 495 g/mol. The summed E-state index contributed by atoms with van der Waals surface area (Å²) < 4.78 is 12.6. The van der Waals surface area contributed by atoms with Gasteiger partial charge < -0.3 is 14.8 Å². The van der Waals surface area contributed by atoms with Crippen molar-refractivity contribution in [1.29, 1.82) is 0 Å². The number of amides is 1. The van der Waals surface area contributed by atoms with Gasteiger partial charge in [-0.05, 0) is 61.5 Å². The van der Waals surface area contributed by atoms with Crippen molar-refractivity contribution in [1.82, 2.24) is 19.7 Å². The first-order valence-corrected chi connectivity index (χ1v) is 11.8. The number of methoxy groups -OCH3 is 1. The van der Waals surface area contributed by atoms with Crippen LogP contribution < -0.4 is 14.8 Å². The van der Waals surface area contributed by atoms with Gasteiger partial charge in [0.05, 0.1) is 24.5 Å². The van der Waals surface area contributed by atoms with Crippen LogP contribution in [0.5, 0.6) is 11.5 Å². The molecule has 34 heavy (non-hydrogen) atoms. The summed E-state index contributed by atoms with van der Waals surface area (Å²) in [6.45, 7) is 2.52. The second-order valence-electron chi connectivity index (χ2n) is 7.00. The highest BCUT2D eigenvalue weighted by Crippen LogP contribution is 2.30. The van der Waals surface area contributed by atoms with Gasteiger partial charge in [-0.25, -0.2) is 0 Å². The number of ether oxygens (including phenoxy) is 2. The Balaban J connectivity index is 1.56. The molecule has 0 aliphatic rings. The molecule has 2 heterocycles. The molecule has 0 aliphatic heterocycles. The average Bonchev–Trinajstić information content (AvgIpc) is 3.28. The summed E-state index contributed by atoms with van der Waals surface area (Å²) in [5.41, 5.74) is 2.24. The van der Waals surface area contributed by atoms with Crippen LogP contribution in [0.3, 0.4) is 0 Å². The fourth-order valence-electron chi connectivity index (χ4n) is 3.21. The van der Waals surface area contributed by atoms with Crippen LogP contribution >= 0.6 is 23.4 Å². The van der Waals surface area contributed by atoms with Gasteiger partial charge in [-0.2, -0.15) is 0 Å². The van der Waals surface area contributed by atoms with Crippen LogP contribution in [0, 0.1) is 0 Å². The third-order valence-electron chi connectivity index (χ3n) is 4.73. The fraction of sp³-hybridized carbons (Fsp3) is 0.167. The van der Waals surface area contributed by atoms with Crippen LogP contribution in [0.4, 0.5) is 5.69 Å². The van der Waals surface area contributed by atoms with Crippen molar-refractivity contribution in [3.63, 3.8) is 0 Å². The standard InChI is InChI=1S/C24H22ClN5O3S/c1-3-33-19-9-7-18(8-10-19)30-23(16-5-4-12-26-14-16)28-29-24(30)34-15-22(31)27-17-6-11-21(32-2)20(25)13-17/h4-14H,3,15H2,1-2H3,(H,27,31). The van der Waals surface area contributed by atoms with Gasteiger partial charge in [-0.15, -0.1) is 10.2 Å². The number of nitrogens with one attached hydrogen (secondary N) is 1. The van der Waals surface area contributed by atoms with E-state index in [9.17, 15) is 4.79 Å². The summed E-state index contributed by atoms with van der Waals surface area (Å²) >= 11 is 7.43. The van der Waals surface area contributed by atoms with E-state index in [2.05, 4.69) is 20.5 Å². The Labute approximate surface area is 206 Å². The average molecular weight is 496 g/mol. The number of pyridine rings is 1. The lowest BCUT2D eigenvalue weighted by Gasteiger charge is -2.12. The van der Waals surface area contributed by atoms with Crippen LogP contribution in [0.1, 0.15) is 6.92 Å². The quantitative estimate of drug-likeness (QED) is 0.322. The first-order chi connectivity index (χ1) is 16.6. The highest BCUT2D eigenvalue weighted by atomic mass is 35.5. The zero-order chi connectivity index (χ0) is 23.9. The summed E-state index contributed by atoms with van der Waals surface area (Å²) in [7, 11) is 1.54. The first-order valence-electron chi connectivity index (χ1n) is 10.4. The van der Waals surface area contributed by atoms with Gasteiger partial charge >= 0.3 is 0 Å². The second-order valence-corrected chi connectivity index (χ2v) is 8.35. The van der Waals surface area contributed by atoms with Crippen molar-refractivity contribution in [2.45, 2.75) is 12.1 Å². The van der Waals surface area contributed by atoms with Crippen molar-refractivity contribution in [3.8, 4) is 28.6 Å². The maximum absolute atomic E-state index is 12.6. The molecule has 174 valence electrons. The number of rotatable bonds is 9. The molecule has 4 aromatic rings. The highest BCUT2D eigenvalue weighted by molar-refractivity contribution is 7.99.